The number of thiazole rings is 1. The fraction of sp³-hybridized carbons (Fsp3) is 0.286. The summed E-state index contributed by atoms with van der Waals surface area (Å²) in [7, 11) is 0. The Labute approximate surface area is 172 Å². The van der Waals surface area contributed by atoms with Gasteiger partial charge in [0, 0.05) is 29.4 Å². The van der Waals surface area contributed by atoms with Crippen LogP contribution in [0.3, 0.4) is 0 Å². The lowest BCUT2D eigenvalue weighted by Crippen LogP contribution is -2.43. The molecule has 4 rings (SSSR count). The van der Waals surface area contributed by atoms with Crippen molar-refractivity contribution in [1.29, 1.82) is 0 Å². The minimum Gasteiger partial charge on any atom is -0.338 e. The predicted octanol–water partition coefficient (Wildman–Crippen LogP) is 4.75. The van der Waals surface area contributed by atoms with Crippen molar-refractivity contribution in [3.8, 4) is 0 Å². The summed E-state index contributed by atoms with van der Waals surface area (Å²) >= 11 is 7.51. The topological polar surface area (TPSA) is 62.3 Å². The highest BCUT2D eigenvalue weighted by Gasteiger charge is 2.29. The van der Waals surface area contributed by atoms with Crippen molar-refractivity contribution in [2.24, 2.45) is 5.92 Å². The van der Waals surface area contributed by atoms with Gasteiger partial charge >= 0.3 is 0 Å². The SMILES string of the molecule is Cc1nc2ccc(NC(=O)C3CCCN(C(=O)c4ccc(Cl)cc4)C3)cc2s1. The number of aromatic nitrogens is 1. The van der Waals surface area contributed by atoms with E-state index < -0.39 is 0 Å². The van der Waals surface area contributed by atoms with Crippen LogP contribution in [0.15, 0.2) is 42.5 Å². The summed E-state index contributed by atoms with van der Waals surface area (Å²) in [6.45, 7) is 3.06. The number of amides is 2. The number of carbonyl (C=O) groups is 2. The Balaban J connectivity index is 1.43. The Bertz CT molecular complexity index is 1030. The number of anilines is 1. The molecule has 7 heteroatoms. The van der Waals surface area contributed by atoms with Gasteiger partial charge in [-0.1, -0.05) is 11.6 Å². The highest BCUT2D eigenvalue weighted by Crippen LogP contribution is 2.26. The highest BCUT2D eigenvalue weighted by molar-refractivity contribution is 7.18. The standard InChI is InChI=1S/C21H20ClN3O2S/c1-13-23-18-9-8-17(11-19(18)28-13)24-20(26)15-3-2-10-25(12-15)21(27)14-4-6-16(22)7-5-14/h4-9,11,15H,2-3,10,12H2,1H3,(H,24,26). The quantitative estimate of drug-likeness (QED) is 0.674. The summed E-state index contributed by atoms with van der Waals surface area (Å²) in [5, 5.41) is 4.60. The molecule has 0 saturated carbocycles. The van der Waals surface area contributed by atoms with Crippen LogP contribution >= 0.6 is 22.9 Å². The maximum Gasteiger partial charge on any atom is 0.253 e. The highest BCUT2D eigenvalue weighted by atomic mass is 35.5. The Morgan fingerprint density at radius 3 is 2.79 bits per heavy atom. The molecule has 1 N–H and O–H groups in total. The van der Waals surface area contributed by atoms with Gasteiger partial charge in [-0.05, 0) is 62.2 Å². The zero-order valence-electron chi connectivity index (χ0n) is 15.4. The Kier molecular flexibility index (Phi) is 5.33. The Morgan fingerprint density at radius 1 is 1.21 bits per heavy atom. The molecule has 2 heterocycles. The molecule has 5 nitrogen and oxygen atoms in total. The first-order chi connectivity index (χ1) is 13.5. The van der Waals surface area contributed by atoms with Gasteiger partial charge in [-0.3, -0.25) is 9.59 Å². The van der Waals surface area contributed by atoms with Crippen LogP contribution in [0.2, 0.25) is 5.02 Å². The van der Waals surface area contributed by atoms with Gasteiger partial charge in [0.15, 0.2) is 0 Å². The molecule has 1 unspecified atom stereocenters. The molecule has 1 aliphatic heterocycles. The maximum absolute atomic E-state index is 12.8. The Morgan fingerprint density at radius 2 is 2.00 bits per heavy atom. The van der Waals surface area contributed by atoms with Gasteiger partial charge < -0.3 is 10.2 Å². The van der Waals surface area contributed by atoms with E-state index in [1.54, 1.807) is 40.5 Å². The van der Waals surface area contributed by atoms with Crippen molar-refractivity contribution < 1.29 is 9.59 Å². The number of piperidine rings is 1. The number of carbonyl (C=O) groups excluding carboxylic acids is 2. The van der Waals surface area contributed by atoms with E-state index in [1.807, 2.05) is 25.1 Å². The number of rotatable bonds is 3. The van der Waals surface area contributed by atoms with Crippen molar-refractivity contribution in [2.45, 2.75) is 19.8 Å². The summed E-state index contributed by atoms with van der Waals surface area (Å²) < 4.78 is 1.05. The molecule has 1 fully saturated rings. The molecule has 28 heavy (non-hydrogen) atoms. The lowest BCUT2D eigenvalue weighted by atomic mass is 9.96. The number of benzene rings is 2. The second-order valence-corrected chi connectivity index (χ2v) is 8.67. The van der Waals surface area contributed by atoms with Crippen LogP contribution in [0.4, 0.5) is 5.69 Å². The van der Waals surface area contributed by atoms with Crippen molar-refractivity contribution >= 4 is 50.7 Å². The first-order valence-electron chi connectivity index (χ1n) is 9.22. The van der Waals surface area contributed by atoms with Crippen molar-refractivity contribution in [2.75, 3.05) is 18.4 Å². The van der Waals surface area contributed by atoms with Crippen LogP contribution in [0, 0.1) is 12.8 Å². The molecule has 1 aromatic heterocycles. The zero-order chi connectivity index (χ0) is 19.7. The molecule has 1 aliphatic rings. The molecule has 0 aliphatic carbocycles. The van der Waals surface area contributed by atoms with E-state index in [4.69, 9.17) is 11.6 Å². The largest absolute Gasteiger partial charge is 0.338 e. The average Bonchev–Trinajstić information content (AvgIpc) is 3.07. The number of nitrogens with one attached hydrogen (secondary N) is 1. The van der Waals surface area contributed by atoms with E-state index in [0.29, 0.717) is 23.7 Å². The van der Waals surface area contributed by atoms with Crippen LogP contribution in [0.5, 0.6) is 0 Å². The van der Waals surface area contributed by atoms with E-state index in [2.05, 4.69) is 10.3 Å². The molecule has 2 amide bonds. The number of hydrogen-bond donors (Lipinski definition) is 1. The van der Waals surface area contributed by atoms with Crippen LogP contribution in [-0.4, -0.2) is 34.8 Å². The number of aryl methyl sites for hydroxylation is 1. The summed E-state index contributed by atoms with van der Waals surface area (Å²) in [5.41, 5.74) is 2.30. The first kappa shape index (κ1) is 18.9. The van der Waals surface area contributed by atoms with E-state index >= 15 is 0 Å². The molecule has 144 valence electrons. The number of fused-ring (bicyclic) bond motifs is 1. The maximum atomic E-state index is 12.8. The van der Waals surface area contributed by atoms with Gasteiger partial charge in [0.1, 0.15) is 0 Å². The minimum atomic E-state index is -0.219. The number of halogens is 1. The summed E-state index contributed by atoms with van der Waals surface area (Å²) in [6.07, 6.45) is 1.59. The molecule has 1 saturated heterocycles. The normalized spacial score (nSPS) is 16.9. The lowest BCUT2D eigenvalue weighted by molar-refractivity contribution is -0.121. The average molecular weight is 414 g/mol. The molecular formula is C21H20ClN3O2S. The van der Waals surface area contributed by atoms with E-state index in [-0.39, 0.29) is 17.7 Å². The van der Waals surface area contributed by atoms with Gasteiger partial charge in [0.05, 0.1) is 21.1 Å². The molecule has 0 radical (unpaired) electrons. The van der Waals surface area contributed by atoms with E-state index in [1.165, 1.54) is 0 Å². The molecular weight excluding hydrogens is 394 g/mol. The third kappa shape index (κ3) is 4.03. The van der Waals surface area contributed by atoms with Gasteiger partial charge in [0.2, 0.25) is 5.91 Å². The van der Waals surface area contributed by atoms with Gasteiger partial charge in [-0.2, -0.15) is 0 Å². The number of likely N-dealkylation sites (tertiary alicyclic amines) is 1. The molecule has 0 bridgehead atoms. The van der Waals surface area contributed by atoms with Crippen molar-refractivity contribution in [1.82, 2.24) is 9.88 Å². The van der Waals surface area contributed by atoms with Crippen LogP contribution in [0.25, 0.3) is 10.2 Å². The first-order valence-corrected chi connectivity index (χ1v) is 10.4. The van der Waals surface area contributed by atoms with Crippen LogP contribution < -0.4 is 5.32 Å². The second kappa shape index (κ2) is 7.89. The summed E-state index contributed by atoms with van der Waals surface area (Å²) in [6, 6.07) is 12.6. The summed E-state index contributed by atoms with van der Waals surface area (Å²) in [4.78, 5) is 31.7. The zero-order valence-corrected chi connectivity index (χ0v) is 17.0. The van der Waals surface area contributed by atoms with Crippen LogP contribution in [0.1, 0.15) is 28.2 Å². The molecule has 1 atom stereocenters. The van der Waals surface area contributed by atoms with Crippen LogP contribution in [-0.2, 0) is 4.79 Å². The van der Waals surface area contributed by atoms with Crippen molar-refractivity contribution in [3.05, 3.63) is 58.1 Å². The summed E-state index contributed by atoms with van der Waals surface area (Å²) in [5.74, 6) is -0.325. The third-order valence-corrected chi connectivity index (χ3v) is 6.12. The molecule has 3 aromatic rings. The second-order valence-electron chi connectivity index (χ2n) is 7.00. The monoisotopic (exact) mass is 413 g/mol. The fourth-order valence-electron chi connectivity index (χ4n) is 3.51. The molecule has 0 spiro atoms. The smallest absolute Gasteiger partial charge is 0.253 e. The predicted molar refractivity (Wildman–Crippen MR) is 113 cm³/mol. The molecule has 2 aromatic carbocycles. The van der Waals surface area contributed by atoms with E-state index in [0.717, 1.165) is 33.8 Å². The Hall–Kier alpha value is -2.44. The lowest BCUT2D eigenvalue weighted by Gasteiger charge is -2.32. The fourth-order valence-corrected chi connectivity index (χ4v) is 4.50. The van der Waals surface area contributed by atoms with Gasteiger partial charge in [0.25, 0.3) is 5.91 Å². The number of nitrogens with zero attached hydrogens (tertiary/aromatic N) is 2. The third-order valence-electron chi connectivity index (χ3n) is 4.93. The van der Waals surface area contributed by atoms with Crippen molar-refractivity contribution in [3.63, 3.8) is 0 Å². The van der Waals surface area contributed by atoms with Gasteiger partial charge in [-0.25, -0.2) is 4.98 Å². The minimum absolute atomic E-state index is 0.0470. The van der Waals surface area contributed by atoms with Gasteiger partial charge in [-0.15, -0.1) is 11.3 Å². The number of hydrogen-bond acceptors (Lipinski definition) is 4. The van der Waals surface area contributed by atoms with E-state index in [9.17, 15) is 9.59 Å².